The molecular formula is C16H11N3O2. The standard InChI is InChI=1S/C16H11N3O2/c20-16(21)14-9-19(18-17-14)15-12-7-3-1-5-10(12)11-6-2-4-8-13(11)15/h1-9,15H,(H,20,21). The van der Waals surface area contributed by atoms with Crippen molar-refractivity contribution in [3.05, 3.63) is 71.5 Å². The van der Waals surface area contributed by atoms with Crippen LogP contribution in [0.4, 0.5) is 0 Å². The molecule has 5 heteroatoms. The summed E-state index contributed by atoms with van der Waals surface area (Å²) in [6.45, 7) is 0. The predicted octanol–water partition coefficient (Wildman–Crippen LogP) is 2.59. The molecule has 0 amide bonds. The molecule has 1 aromatic heterocycles. The molecule has 102 valence electrons. The first-order valence-corrected chi connectivity index (χ1v) is 6.59. The van der Waals surface area contributed by atoms with Gasteiger partial charge in [-0.2, -0.15) is 0 Å². The predicted molar refractivity (Wildman–Crippen MR) is 76.1 cm³/mol. The molecule has 0 aliphatic heterocycles. The normalized spacial score (nSPS) is 13.0. The van der Waals surface area contributed by atoms with Crippen molar-refractivity contribution in [3.63, 3.8) is 0 Å². The lowest BCUT2D eigenvalue weighted by atomic mass is 10.1. The number of aromatic nitrogens is 3. The minimum absolute atomic E-state index is 0.0446. The van der Waals surface area contributed by atoms with Crippen molar-refractivity contribution in [1.29, 1.82) is 0 Å². The van der Waals surface area contributed by atoms with Crippen molar-refractivity contribution < 1.29 is 9.90 Å². The average molecular weight is 277 g/mol. The topological polar surface area (TPSA) is 68.0 Å². The molecule has 21 heavy (non-hydrogen) atoms. The van der Waals surface area contributed by atoms with Crippen LogP contribution in [0.1, 0.15) is 27.7 Å². The highest BCUT2D eigenvalue weighted by Gasteiger charge is 2.30. The summed E-state index contributed by atoms with van der Waals surface area (Å²) in [5.41, 5.74) is 4.49. The van der Waals surface area contributed by atoms with Crippen LogP contribution in [-0.2, 0) is 0 Å². The summed E-state index contributed by atoms with van der Waals surface area (Å²) in [6, 6.07) is 16.1. The molecule has 0 saturated carbocycles. The zero-order valence-corrected chi connectivity index (χ0v) is 11.0. The highest BCUT2D eigenvalue weighted by Crippen LogP contribution is 2.44. The van der Waals surface area contributed by atoms with Gasteiger partial charge in [-0.15, -0.1) is 5.10 Å². The summed E-state index contributed by atoms with van der Waals surface area (Å²) >= 11 is 0. The van der Waals surface area contributed by atoms with Gasteiger partial charge in [-0.1, -0.05) is 53.7 Å². The number of aromatic carboxylic acids is 1. The molecule has 0 radical (unpaired) electrons. The van der Waals surface area contributed by atoms with Gasteiger partial charge in [-0.05, 0) is 22.3 Å². The first-order valence-electron chi connectivity index (χ1n) is 6.59. The Balaban J connectivity index is 1.94. The van der Waals surface area contributed by atoms with E-state index in [1.54, 1.807) is 4.68 Å². The second kappa shape index (κ2) is 4.28. The van der Waals surface area contributed by atoms with E-state index in [1.807, 2.05) is 36.4 Å². The maximum atomic E-state index is 11.0. The minimum Gasteiger partial charge on any atom is -0.476 e. The van der Waals surface area contributed by atoms with Crippen LogP contribution in [0.3, 0.4) is 0 Å². The molecule has 0 fully saturated rings. The van der Waals surface area contributed by atoms with E-state index in [9.17, 15) is 4.79 Å². The molecule has 0 bridgehead atoms. The molecule has 0 unspecified atom stereocenters. The molecule has 1 aliphatic rings. The second-order valence-electron chi connectivity index (χ2n) is 4.97. The molecule has 0 spiro atoms. The molecule has 1 N–H and O–H groups in total. The Kier molecular flexibility index (Phi) is 2.41. The minimum atomic E-state index is -1.07. The quantitative estimate of drug-likeness (QED) is 0.611. The van der Waals surface area contributed by atoms with E-state index < -0.39 is 5.97 Å². The Bertz CT molecular complexity index is 808. The van der Waals surface area contributed by atoms with Crippen molar-refractivity contribution in [3.8, 4) is 11.1 Å². The monoisotopic (exact) mass is 277 g/mol. The van der Waals surface area contributed by atoms with Crippen molar-refractivity contribution in [1.82, 2.24) is 15.0 Å². The SMILES string of the molecule is O=C(O)c1cn(C2c3ccccc3-c3ccccc32)nn1. The lowest BCUT2D eigenvalue weighted by Crippen LogP contribution is -2.10. The Labute approximate surface area is 120 Å². The molecule has 5 nitrogen and oxygen atoms in total. The van der Waals surface area contributed by atoms with E-state index in [1.165, 1.54) is 6.20 Å². The Morgan fingerprint density at radius 3 is 2.10 bits per heavy atom. The number of nitrogens with zero attached hydrogens (tertiary/aromatic N) is 3. The van der Waals surface area contributed by atoms with Gasteiger partial charge in [-0.3, -0.25) is 0 Å². The van der Waals surface area contributed by atoms with Gasteiger partial charge in [-0.25, -0.2) is 9.48 Å². The third-order valence-corrected chi connectivity index (χ3v) is 3.79. The van der Waals surface area contributed by atoms with Crippen LogP contribution in [0.25, 0.3) is 11.1 Å². The average Bonchev–Trinajstić information content (AvgIpc) is 3.09. The van der Waals surface area contributed by atoms with Crippen LogP contribution in [0.5, 0.6) is 0 Å². The number of benzene rings is 2. The summed E-state index contributed by atoms with van der Waals surface area (Å²) in [4.78, 5) is 11.0. The van der Waals surface area contributed by atoms with Crippen LogP contribution < -0.4 is 0 Å². The molecule has 2 aromatic carbocycles. The molecular weight excluding hydrogens is 266 g/mol. The van der Waals surface area contributed by atoms with Gasteiger partial charge >= 0.3 is 5.97 Å². The van der Waals surface area contributed by atoms with Crippen LogP contribution >= 0.6 is 0 Å². The number of rotatable bonds is 2. The van der Waals surface area contributed by atoms with Crippen LogP contribution in [0, 0.1) is 0 Å². The Morgan fingerprint density at radius 2 is 1.57 bits per heavy atom. The van der Waals surface area contributed by atoms with Crippen molar-refractivity contribution in [2.45, 2.75) is 6.04 Å². The van der Waals surface area contributed by atoms with Crippen molar-refractivity contribution >= 4 is 5.97 Å². The summed E-state index contributed by atoms with van der Waals surface area (Å²) < 4.78 is 1.62. The summed E-state index contributed by atoms with van der Waals surface area (Å²) in [5, 5.41) is 16.7. The maximum Gasteiger partial charge on any atom is 0.358 e. The Morgan fingerprint density at radius 1 is 1.00 bits per heavy atom. The van der Waals surface area contributed by atoms with E-state index in [-0.39, 0.29) is 11.7 Å². The first-order chi connectivity index (χ1) is 10.3. The number of carbonyl (C=O) groups is 1. The van der Waals surface area contributed by atoms with Crippen molar-refractivity contribution in [2.75, 3.05) is 0 Å². The van der Waals surface area contributed by atoms with E-state index in [0.29, 0.717) is 0 Å². The molecule has 1 heterocycles. The van der Waals surface area contributed by atoms with Crippen LogP contribution in [0.15, 0.2) is 54.7 Å². The number of hydrogen-bond acceptors (Lipinski definition) is 3. The van der Waals surface area contributed by atoms with Gasteiger partial charge in [0.05, 0.1) is 6.20 Å². The fourth-order valence-corrected chi connectivity index (χ4v) is 2.91. The zero-order valence-electron chi connectivity index (χ0n) is 11.0. The third-order valence-electron chi connectivity index (χ3n) is 3.79. The lowest BCUT2D eigenvalue weighted by molar-refractivity contribution is 0.0690. The first kappa shape index (κ1) is 11.8. The van der Waals surface area contributed by atoms with E-state index in [4.69, 9.17) is 5.11 Å². The van der Waals surface area contributed by atoms with Crippen molar-refractivity contribution in [2.24, 2.45) is 0 Å². The maximum absolute atomic E-state index is 11.0. The molecule has 1 aliphatic carbocycles. The molecule has 0 atom stereocenters. The van der Waals surface area contributed by atoms with Gasteiger partial charge in [0.1, 0.15) is 6.04 Å². The number of carboxylic acid groups (broad SMARTS) is 1. The van der Waals surface area contributed by atoms with Gasteiger partial charge < -0.3 is 5.11 Å². The second-order valence-corrected chi connectivity index (χ2v) is 4.97. The van der Waals surface area contributed by atoms with Gasteiger partial charge in [0.2, 0.25) is 0 Å². The fourth-order valence-electron chi connectivity index (χ4n) is 2.91. The third kappa shape index (κ3) is 1.67. The number of fused-ring (bicyclic) bond motifs is 3. The van der Waals surface area contributed by atoms with Crippen LogP contribution in [-0.4, -0.2) is 26.1 Å². The summed E-state index contributed by atoms with van der Waals surface area (Å²) in [5.74, 6) is -1.07. The van der Waals surface area contributed by atoms with Gasteiger partial charge in [0.15, 0.2) is 5.69 Å². The van der Waals surface area contributed by atoms with E-state index in [2.05, 4.69) is 22.4 Å². The molecule has 0 saturated heterocycles. The Hall–Kier alpha value is -2.95. The smallest absolute Gasteiger partial charge is 0.358 e. The lowest BCUT2D eigenvalue weighted by Gasteiger charge is -2.13. The van der Waals surface area contributed by atoms with Gasteiger partial charge in [0, 0.05) is 0 Å². The van der Waals surface area contributed by atoms with E-state index in [0.717, 1.165) is 22.3 Å². The molecule has 4 rings (SSSR count). The summed E-state index contributed by atoms with van der Waals surface area (Å²) in [6.07, 6.45) is 1.48. The van der Waals surface area contributed by atoms with E-state index >= 15 is 0 Å². The molecule has 3 aromatic rings. The number of hydrogen-bond donors (Lipinski definition) is 1. The largest absolute Gasteiger partial charge is 0.476 e. The highest BCUT2D eigenvalue weighted by atomic mass is 16.4. The zero-order chi connectivity index (χ0) is 14.4. The fraction of sp³-hybridized carbons (Fsp3) is 0.0625. The van der Waals surface area contributed by atoms with Gasteiger partial charge in [0.25, 0.3) is 0 Å². The highest BCUT2D eigenvalue weighted by molar-refractivity contribution is 5.85. The van der Waals surface area contributed by atoms with Crippen LogP contribution in [0.2, 0.25) is 0 Å². The number of carboxylic acids is 1. The summed E-state index contributed by atoms with van der Waals surface area (Å²) in [7, 11) is 0.